The van der Waals surface area contributed by atoms with Gasteiger partial charge in [-0.05, 0) is 67.1 Å². The molecule has 0 amide bonds. The molecule has 0 aliphatic heterocycles. The molecule has 0 radical (unpaired) electrons. The van der Waals surface area contributed by atoms with Crippen LogP contribution >= 0.6 is 0 Å². The molecular formula is C51H32N4O. The monoisotopic (exact) mass is 716 g/mol. The molecule has 5 heteroatoms. The van der Waals surface area contributed by atoms with E-state index < -0.39 is 0 Å². The minimum Gasteiger partial charge on any atom is -0.454 e. The van der Waals surface area contributed by atoms with Crippen molar-refractivity contribution >= 4 is 76.6 Å². The van der Waals surface area contributed by atoms with Crippen LogP contribution in [0.5, 0.6) is 0 Å². The van der Waals surface area contributed by atoms with Gasteiger partial charge in [-0.25, -0.2) is 9.97 Å². The summed E-state index contributed by atoms with van der Waals surface area (Å²) in [6, 6.07) is 61.9. The van der Waals surface area contributed by atoms with Gasteiger partial charge in [0.15, 0.2) is 5.58 Å². The van der Waals surface area contributed by atoms with Gasteiger partial charge in [-0.15, -0.1) is 0 Å². The van der Waals surface area contributed by atoms with Crippen molar-refractivity contribution in [2.24, 2.45) is 0 Å². The summed E-state index contributed by atoms with van der Waals surface area (Å²) in [6.07, 6.45) is 0. The number of para-hydroxylation sites is 6. The van der Waals surface area contributed by atoms with Crippen molar-refractivity contribution < 1.29 is 4.42 Å². The summed E-state index contributed by atoms with van der Waals surface area (Å²) in [7, 11) is 0. The average molecular weight is 717 g/mol. The number of benzene rings is 8. The van der Waals surface area contributed by atoms with Gasteiger partial charge >= 0.3 is 0 Å². The molecule has 0 saturated carbocycles. The SMILES string of the molecule is Cc1cc(-c2nc3ccccc3nc2-c2ccccc2)ccc1-n1c2ccccc2c2c3c4ccccc4oc3c3c(c4ccccc4n3-c3ccccc3)c21. The average Bonchev–Trinajstić information content (AvgIpc) is 3.92. The molecule has 4 heterocycles. The van der Waals surface area contributed by atoms with Gasteiger partial charge in [0.05, 0.1) is 44.5 Å². The van der Waals surface area contributed by atoms with Crippen LogP contribution in [0.2, 0.25) is 0 Å². The van der Waals surface area contributed by atoms with Crippen LogP contribution in [-0.4, -0.2) is 19.1 Å². The second-order valence-corrected chi connectivity index (χ2v) is 14.6. The predicted molar refractivity (Wildman–Crippen MR) is 231 cm³/mol. The Morgan fingerprint density at radius 3 is 1.73 bits per heavy atom. The molecule has 0 saturated heterocycles. The summed E-state index contributed by atoms with van der Waals surface area (Å²) in [6.45, 7) is 2.21. The van der Waals surface area contributed by atoms with Crippen LogP contribution in [0.1, 0.15) is 5.56 Å². The molecule has 0 atom stereocenters. The zero-order valence-corrected chi connectivity index (χ0v) is 30.4. The highest BCUT2D eigenvalue weighted by Gasteiger charge is 2.28. The van der Waals surface area contributed by atoms with Crippen molar-refractivity contribution in [1.82, 2.24) is 19.1 Å². The summed E-state index contributed by atoms with van der Waals surface area (Å²) in [5.74, 6) is 0. The minimum atomic E-state index is 0.867. The van der Waals surface area contributed by atoms with Gasteiger partial charge in [0.25, 0.3) is 0 Å². The number of aryl methyl sites for hydroxylation is 1. The smallest absolute Gasteiger partial charge is 0.160 e. The standard InChI is InChI=1S/C51H32N4O/c1-31-30-33(48-47(32-16-4-2-5-17-32)52-38-23-11-12-24-39(38)53-48)28-29-40(31)55-42-26-14-8-20-35(42)44-45-37-22-10-15-27-43(37)56-51(45)50-46(49(44)55)36-21-9-13-25-41(36)54(50)34-18-6-3-7-19-34/h2-30H,1H3. The zero-order chi connectivity index (χ0) is 36.9. The number of aromatic nitrogens is 4. The number of hydrogen-bond acceptors (Lipinski definition) is 3. The minimum absolute atomic E-state index is 0.867. The summed E-state index contributed by atoms with van der Waals surface area (Å²) >= 11 is 0. The van der Waals surface area contributed by atoms with Gasteiger partial charge in [-0.1, -0.05) is 121 Å². The van der Waals surface area contributed by atoms with E-state index in [1.807, 2.05) is 30.3 Å². The fourth-order valence-corrected chi connectivity index (χ4v) is 9.03. The Morgan fingerprint density at radius 1 is 0.446 bits per heavy atom. The van der Waals surface area contributed by atoms with Crippen LogP contribution in [0.3, 0.4) is 0 Å². The number of nitrogens with zero attached hydrogens (tertiary/aromatic N) is 4. The number of furan rings is 1. The molecule has 56 heavy (non-hydrogen) atoms. The lowest BCUT2D eigenvalue weighted by Crippen LogP contribution is -2.00. The molecule has 12 rings (SSSR count). The maximum absolute atomic E-state index is 6.95. The van der Waals surface area contributed by atoms with Crippen LogP contribution < -0.4 is 0 Å². The zero-order valence-electron chi connectivity index (χ0n) is 30.4. The Bertz CT molecular complexity index is 3540. The lowest BCUT2D eigenvalue weighted by atomic mass is 10.0. The third-order valence-corrected chi connectivity index (χ3v) is 11.4. The lowest BCUT2D eigenvalue weighted by molar-refractivity contribution is 0.671. The fourth-order valence-electron chi connectivity index (χ4n) is 9.03. The number of hydrogen-bond donors (Lipinski definition) is 0. The van der Waals surface area contributed by atoms with Gasteiger partial charge < -0.3 is 13.6 Å². The molecule has 5 nitrogen and oxygen atoms in total. The van der Waals surface area contributed by atoms with Crippen LogP contribution in [-0.2, 0) is 0 Å². The van der Waals surface area contributed by atoms with E-state index in [2.05, 4.69) is 162 Å². The molecule has 0 fully saturated rings. The molecule has 0 aliphatic rings. The molecule has 12 aromatic rings. The number of rotatable bonds is 4. The Labute approximate surface area is 321 Å². The molecule has 0 unspecified atom stereocenters. The van der Waals surface area contributed by atoms with Crippen LogP contribution in [0, 0.1) is 6.92 Å². The van der Waals surface area contributed by atoms with Crippen LogP contribution in [0.15, 0.2) is 180 Å². The summed E-state index contributed by atoms with van der Waals surface area (Å²) in [5, 5.41) is 6.96. The fraction of sp³-hybridized carbons (Fsp3) is 0.0196. The van der Waals surface area contributed by atoms with E-state index in [1.54, 1.807) is 0 Å². The van der Waals surface area contributed by atoms with E-state index in [-0.39, 0.29) is 0 Å². The Hall–Kier alpha value is -7.50. The third kappa shape index (κ3) is 4.31. The van der Waals surface area contributed by atoms with Crippen molar-refractivity contribution in [2.45, 2.75) is 6.92 Å². The molecule has 0 bridgehead atoms. The van der Waals surface area contributed by atoms with Crippen LogP contribution in [0.25, 0.3) is 110 Å². The Balaban J connectivity index is 1.23. The molecular weight excluding hydrogens is 685 g/mol. The second-order valence-electron chi connectivity index (χ2n) is 14.6. The molecule has 8 aromatic carbocycles. The largest absolute Gasteiger partial charge is 0.454 e. The van der Waals surface area contributed by atoms with Gasteiger partial charge in [-0.2, -0.15) is 0 Å². The number of fused-ring (bicyclic) bond motifs is 13. The van der Waals surface area contributed by atoms with Crippen molar-refractivity contribution in [3.63, 3.8) is 0 Å². The Morgan fingerprint density at radius 2 is 1.02 bits per heavy atom. The van der Waals surface area contributed by atoms with Crippen LogP contribution in [0.4, 0.5) is 0 Å². The quantitative estimate of drug-likeness (QED) is 0.182. The third-order valence-electron chi connectivity index (χ3n) is 11.4. The summed E-state index contributed by atoms with van der Waals surface area (Å²) in [4.78, 5) is 10.4. The van der Waals surface area contributed by atoms with E-state index in [1.165, 1.54) is 16.2 Å². The van der Waals surface area contributed by atoms with Gasteiger partial charge in [0.1, 0.15) is 5.58 Å². The molecule has 0 aliphatic carbocycles. The molecule has 4 aromatic heterocycles. The first-order valence-corrected chi connectivity index (χ1v) is 19.0. The summed E-state index contributed by atoms with van der Waals surface area (Å²) in [5.41, 5.74) is 15.2. The normalized spacial score (nSPS) is 12.0. The predicted octanol–water partition coefficient (Wildman–Crippen LogP) is 13.4. The lowest BCUT2D eigenvalue weighted by Gasteiger charge is -2.15. The Kier molecular flexibility index (Phi) is 6.48. The first kappa shape index (κ1) is 30.9. The molecule has 262 valence electrons. The van der Waals surface area contributed by atoms with E-state index in [4.69, 9.17) is 14.4 Å². The first-order chi connectivity index (χ1) is 27.7. The van der Waals surface area contributed by atoms with Crippen molar-refractivity contribution in [2.75, 3.05) is 0 Å². The van der Waals surface area contributed by atoms with Crippen molar-refractivity contribution in [3.05, 3.63) is 181 Å². The highest BCUT2D eigenvalue weighted by molar-refractivity contribution is 6.39. The first-order valence-electron chi connectivity index (χ1n) is 19.0. The topological polar surface area (TPSA) is 48.8 Å². The van der Waals surface area contributed by atoms with Crippen molar-refractivity contribution in [3.8, 4) is 33.9 Å². The highest BCUT2D eigenvalue weighted by atomic mass is 16.3. The van der Waals surface area contributed by atoms with Gasteiger partial charge in [-0.3, -0.25) is 0 Å². The maximum atomic E-state index is 6.95. The summed E-state index contributed by atoms with van der Waals surface area (Å²) < 4.78 is 11.8. The van der Waals surface area contributed by atoms with E-state index in [9.17, 15) is 0 Å². The molecule has 0 spiro atoms. The van der Waals surface area contributed by atoms with E-state index in [0.717, 1.165) is 99.9 Å². The highest BCUT2D eigenvalue weighted by Crippen LogP contribution is 2.49. The second kappa shape index (κ2) is 11.7. The van der Waals surface area contributed by atoms with Gasteiger partial charge in [0, 0.05) is 54.8 Å². The maximum Gasteiger partial charge on any atom is 0.160 e. The molecule has 0 N–H and O–H groups in total. The van der Waals surface area contributed by atoms with Crippen molar-refractivity contribution in [1.29, 1.82) is 0 Å². The van der Waals surface area contributed by atoms with E-state index in [0.29, 0.717) is 0 Å². The van der Waals surface area contributed by atoms with Gasteiger partial charge in [0.2, 0.25) is 0 Å². The van der Waals surface area contributed by atoms with E-state index >= 15 is 0 Å².